The van der Waals surface area contributed by atoms with Crippen molar-refractivity contribution in [1.29, 1.82) is 0 Å². The minimum absolute atomic E-state index is 0.156. The molecule has 13 heteroatoms. The summed E-state index contributed by atoms with van der Waals surface area (Å²) in [4.78, 5) is 26.0. The van der Waals surface area contributed by atoms with E-state index in [1.165, 1.54) is 0 Å². The van der Waals surface area contributed by atoms with Gasteiger partial charge in [-0.25, -0.2) is 10.1 Å². The Morgan fingerprint density at radius 1 is 1.24 bits per heavy atom. The molecule has 218 valence electrons. The summed E-state index contributed by atoms with van der Waals surface area (Å²) >= 11 is 0. The van der Waals surface area contributed by atoms with Gasteiger partial charge in [-0.15, -0.1) is 0 Å². The van der Waals surface area contributed by atoms with Crippen molar-refractivity contribution in [1.82, 2.24) is 24.6 Å². The van der Waals surface area contributed by atoms with Gasteiger partial charge in [0.15, 0.2) is 17.0 Å². The Hall–Kier alpha value is -3.73. The molecule has 0 aliphatic heterocycles. The largest absolute Gasteiger partial charge is 0.465 e. The Kier molecular flexibility index (Phi) is 9.33. The Balaban J connectivity index is 1.28. The number of anilines is 2. The molecule has 1 saturated carbocycles. The van der Waals surface area contributed by atoms with Crippen LogP contribution in [0.1, 0.15) is 38.2 Å². The number of imidazole rings is 1. The maximum atomic E-state index is 14.2. The first-order chi connectivity index (χ1) is 19.9. The van der Waals surface area contributed by atoms with Crippen molar-refractivity contribution in [3.05, 3.63) is 66.2 Å². The van der Waals surface area contributed by atoms with Crippen molar-refractivity contribution in [2.45, 2.75) is 57.7 Å². The molecule has 0 saturated heterocycles. The summed E-state index contributed by atoms with van der Waals surface area (Å²) in [5.41, 5.74) is 8.08. The van der Waals surface area contributed by atoms with Crippen molar-refractivity contribution < 1.29 is 23.4 Å². The second-order valence-electron chi connectivity index (χ2n) is 9.98. The number of nitrogen functional groups attached to an aromatic ring is 1. The van der Waals surface area contributed by atoms with E-state index < -0.39 is 19.5 Å². The van der Waals surface area contributed by atoms with Gasteiger partial charge < -0.3 is 29.6 Å². The molecule has 4 N–H and O–H groups in total. The zero-order valence-corrected chi connectivity index (χ0v) is 24.0. The second kappa shape index (κ2) is 13.3. The van der Waals surface area contributed by atoms with Crippen molar-refractivity contribution in [3.8, 4) is 0 Å². The average molecular weight is 582 g/mol. The van der Waals surface area contributed by atoms with Gasteiger partial charge in [-0.3, -0.25) is 9.36 Å². The van der Waals surface area contributed by atoms with Gasteiger partial charge in [-0.1, -0.05) is 42.5 Å². The lowest BCUT2D eigenvalue weighted by Gasteiger charge is -2.26. The van der Waals surface area contributed by atoms with E-state index in [1.807, 2.05) is 47.1 Å². The second-order valence-corrected chi connectivity index (χ2v) is 12.0. The molecule has 2 aromatic heterocycles. The maximum absolute atomic E-state index is 14.2. The summed E-state index contributed by atoms with van der Waals surface area (Å²) in [7, 11) is -3.69. The number of carbonyl (C=O) groups is 1. The number of esters is 1. The summed E-state index contributed by atoms with van der Waals surface area (Å²) in [5, 5.41) is 6.32. The number of nitrogens with zero attached hydrogens (tertiary/aromatic N) is 4. The normalized spacial score (nSPS) is 17.0. The molecule has 1 fully saturated rings. The van der Waals surface area contributed by atoms with Gasteiger partial charge in [0, 0.05) is 19.0 Å². The highest BCUT2D eigenvalue weighted by Gasteiger charge is 2.34. The number of fused-ring (bicyclic) bond motifs is 1. The van der Waals surface area contributed by atoms with Crippen LogP contribution in [0.2, 0.25) is 0 Å². The van der Waals surface area contributed by atoms with Crippen LogP contribution in [0, 0.1) is 0 Å². The fourth-order valence-corrected chi connectivity index (χ4v) is 6.19. The highest BCUT2D eigenvalue weighted by Crippen LogP contribution is 2.47. The van der Waals surface area contributed by atoms with Gasteiger partial charge in [0.05, 0.1) is 19.5 Å². The number of benzene rings is 1. The van der Waals surface area contributed by atoms with Crippen LogP contribution in [0.3, 0.4) is 0 Å². The van der Waals surface area contributed by atoms with E-state index >= 15 is 0 Å². The van der Waals surface area contributed by atoms with Crippen LogP contribution in [-0.2, 0) is 36.3 Å². The number of nitrogens with two attached hydrogens (primary N) is 1. The van der Waals surface area contributed by atoms with Crippen LogP contribution in [-0.4, -0.2) is 57.1 Å². The molecule has 5 rings (SSSR count). The molecule has 3 aromatic rings. The molecule has 0 radical (unpaired) electrons. The molecule has 0 spiro atoms. The lowest BCUT2D eigenvalue weighted by atomic mass is 10.1. The Morgan fingerprint density at radius 3 is 2.80 bits per heavy atom. The number of hydrogen-bond donors (Lipinski definition) is 3. The Bertz CT molecular complexity index is 1450. The zero-order valence-electron chi connectivity index (χ0n) is 23.1. The molecule has 0 amide bonds. The minimum Gasteiger partial charge on any atom is -0.465 e. The molecule has 41 heavy (non-hydrogen) atoms. The van der Waals surface area contributed by atoms with Crippen LogP contribution in [0.25, 0.3) is 11.2 Å². The highest BCUT2D eigenvalue weighted by atomic mass is 31.2. The number of carbonyl (C=O) groups excluding carboxylic acids is 1. The van der Waals surface area contributed by atoms with Crippen LogP contribution < -0.4 is 16.1 Å². The zero-order chi connectivity index (χ0) is 28.7. The Morgan fingerprint density at radius 2 is 2.07 bits per heavy atom. The summed E-state index contributed by atoms with van der Waals surface area (Å²) < 4.78 is 33.2. The minimum atomic E-state index is -3.69. The van der Waals surface area contributed by atoms with E-state index in [2.05, 4.69) is 25.4 Å². The molecule has 2 aliphatic carbocycles. The lowest BCUT2D eigenvalue weighted by Crippen LogP contribution is -2.39. The fourth-order valence-electron chi connectivity index (χ4n) is 4.44. The third-order valence-electron chi connectivity index (χ3n) is 6.58. The van der Waals surface area contributed by atoms with Crippen molar-refractivity contribution >= 4 is 36.4 Å². The number of aromatic nitrogens is 4. The van der Waals surface area contributed by atoms with Crippen molar-refractivity contribution in [2.75, 3.05) is 30.6 Å². The van der Waals surface area contributed by atoms with Gasteiger partial charge in [0.2, 0.25) is 5.95 Å². The predicted octanol–water partition coefficient (Wildman–Crippen LogP) is 4.16. The molecule has 1 aromatic carbocycles. The smallest absolute Gasteiger partial charge is 0.342 e. The van der Waals surface area contributed by atoms with E-state index in [1.54, 1.807) is 19.3 Å². The van der Waals surface area contributed by atoms with Gasteiger partial charge >= 0.3 is 13.5 Å². The molecule has 2 aliphatic rings. The highest BCUT2D eigenvalue weighted by molar-refractivity contribution is 7.56. The standard InChI is InChI=1S/C28H36N7O5P/c1-2-39-27(36)23(17-20-9-5-3-6-10-20)34-41(37,40-22-11-7-4-8-12-22)19-38-16-15-35-18-30-24-25(31-21-13-14-21)32-28(29)33-26(24)35/h3-7,9-11,18,21,23H,2,8,12-17,19H2,1H3,(H,34,37)(H3,29,31,32,33). The number of hydrogen-bond acceptors (Lipinski definition) is 10. The fraction of sp³-hybridized carbons (Fsp3) is 0.429. The topological polar surface area (TPSA) is 156 Å². The van der Waals surface area contributed by atoms with Gasteiger partial charge in [0.1, 0.15) is 18.1 Å². The molecular formula is C28H36N7O5P. The summed E-state index contributed by atoms with van der Waals surface area (Å²) in [6.45, 7) is 2.51. The van der Waals surface area contributed by atoms with Crippen molar-refractivity contribution in [3.63, 3.8) is 0 Å². The van der Waals surface area contributed by atoms with Gasteiger partial charge in [-0.2, -0.15) is 9.97 Å². The van der Waals surface area contributed by atoms with E-state index in [4.69, 9.17) is 19.7 Å². The first kappa shape index (κ1) is 28.8. The SMILES string of the molecule is CCOC(=O)C(Cc1ccccc1)NP(=O)(COCCn1cnc2c(NC3CC3)nc(N)nc21)OC1=CC=CCC1. The van der Waals surface area contributed by atoms with Gasteiger partial charge in [0.25, 0.3) is 0 Å². The van der Waals surface area contributed by atoms with E-state index in [9.17, 15) is 9.36 Å². The molecular weight excluding hydrogens is 545 g/mol. The third kappa shape index (κ3) is 7.93. The number of nitrogens with one attached hydrogen (secondary N) is 2. The maximum Gasteiger partial charge on any atom is 0.342 e. The van der Waals surface area contributed by atoms with Crippen LogP contribution in [0.4, 0.5) is 11.8 Å². The Labute approximate surface area is 238 Å². The molecule has 0 bridgehead atoms. The first-order valence-electron chi connectivity index (χ1n) is 13.9. The van der Waals surface area contributed by atoms with Crippen LogP contribution >= 0.6 is 7.52 Å². The number of rotatable bonds is 15. The molecule has 12 nitrogen and oxygen atoms in total. The summed E-state index contributed by atoms with van der Waals surface area (Å²) in [5.74, 6) is 0.840. The first-order valence-corrected chi connectivity index (χ1v) is 15.7. The van der Waals surface area contributed by atoms with E-state index in [0.29, 0.717) is 41.7 Å². The van der Waals surface area contributed by atoms with Gasteiger partial charge in [-0.05, 0) is 44.2 Å². The summed E-state index contributed by atoms with van der Waals surface area (Å²) in [6, 6.07) is 8.98. The predicted molar refractivity (Wildman–Crippen MR) is 156 cm³/mol. The van der Waals surface area contributed by atoms with Crippen molar-refractivity contribution in [2.24, 2.45) is 0 Å². The van der Waals surface area contributed by atoms with Crippen LogP contribution in [0.5, 0.6) is 0 Å². The van der Waals surface area contributed by atoms with E-state index in [0.717, 1.165) is 24.8 Å². The number of allylic oxidation sites excluding steroid dienone is 4. The average Bonchev–Trinajstić information content (AvgIpc) is 3.69. The molecule has 2 atom stereocenters. The molecule has 2 heterocycles. The third-order valence-corrected chi connectivity index (χ3v) is 8.34. The van der Waals surface area contributed by atoms with E-state index in [-0.39, 0.29) is 31.9 Å². The quantitative estimate of drug-likeness (QED) is 0.135. The monoisotopic (exact) mass is 581 g/mol. The summed E-state index contributed by atoms with van der Waals surface area (Å²) in [6.07, 6.45) is 10.9. The van der Waals surface area contributed by atoms with Crippen LogP contribution in [0.15, 0.2) is 60.6 Å². The number of ether oxygens (including phenoxy) is 2. The molecule has 2 unspecified atom stereocenters. The lowest BCUT2D eigenvalue weighted by molar-refractivity contribution is -0.145.